The van der Waals surface area contributed by atoms with Gasteiger partial charge in [0.1, 0.15) is 5.37 Å². The van der Waals surface area contributed by atoms with E-state index < -0.39 is 0 Å². The van der Waals surface area contributed by atoms with Gasteiger partial charge in [0.25, 0.3) is 0 Å². The normalized spacial score (nSPS) is 20.1. The number of hydrogen-bond donors (Lipinski definition) is 1. The van der Waals surface area contributed by atoms with Gasteiger partial charge in [-0.1, -0.05) is 30.7 Å². The van der Waals surface area contributed by atoms with Crippen LogP contribution in [0, 0.1) is 12.8 Å². The smallest absolute Gasteiger partial charge is 0.238 e. The molecule has 1 saturated carbocycles. The minimum Gasteiger partial charge on any atom is -0.326 e. The molecule has 2 aromatic rings. The zero-order chi connectivity index (χ0) is 18.1. The van der Waals surface area contributed by atoms with Crippen LogP contribution in [0.25, 0.3) is 0 Å². The van der Waals surface area contributed by atoms with E-state index in [2.05, 4.69) is 5.32 Å². The average Bonchev–Trinajstić information content (AvgIpc) is 2.95. The molecule has 1 N–H and O–H groups in total. The number of anilines is 2. The Kier molecular flexibility index (Phi) is 4.72. The molecule has 5 heteroatoms. The first kappa shape index (κ1) is 17.2. The van der Waals surface area contributed by atoms with Crippen LogP contribution in [0.4, 0.5) is 11.4 Å². The molecule has 134 valence electrons. The number of nitrogens with one attached hydrogen (secondary N) is 1. The standard InChI is InChI=1S/C21H22N2O2S/c1-14-5-2-10-18(11-14)23-19(24)13-26-21(23)16-8-4-9-17(12-16)22-20(25)15-6-3-7-15/h2,4-5,8-12,15,21H,3,6-7,13H2,1H3,(H,22,25)/t21-/m0/s1. The maximum atomic E-state index is 12.5. The minimum atomic E-state index is -0.0649. The quantitative estimate of drug-likeness (QED) is 0.866. The topological polar surface area (TPSA) is 49.4 Å². The summed E-state index contributed by atoms with van der Waals surface area (Å²) in [6, 6.07) is 15.9. The second-order valence-corrected chi connectivity index (χ2v) is 8.08. The van der Waals surface area contributed by atoms with Gasteiger partial charge in [-0.25, -0.2) is 0 Å². The molecule has 1 atom stereocenters. The van der Waals surface area contributed by atoms with Crippen LogP contribution < -0.4 is 10.2 Å². The van der Waals surface area contributed by atoms with Crippen LogP contribution in [0.2, 0.25) is 0 Å². The molecule has 1 aliphatic heterocycles. The fourth-order valence-electron chi connectivity index (χ4n) is 3.41. The van der Waals surface area contributed by atoms with E-state index in [1.54, 1.807) is 11.8 Å². The molecule has 0 bridgehead atoms. The van der Waals surface area contributed by atoms with E-state index in [-0.39, 0.29) is 23.1 Å². The van der Waals surface area contributed by atoms with E-state index in [0.717, 1.165) is 41.8 Å². The number of benzene rings is 2. The molecule has 0 radical (unpaired) electrons. The van der Waals surface area contributed by atoms with Gasteiger partial charge in [0.15, 0.2) is 0 Å². The fraction of sp³-hybridized carbons (Fsp3) is 0.333. The Balaban J connectivity index is 1.58. The molecule has 2 aliphatic rings. The van der Waals surface area contributed by atoms with Crippen molar-refractivity contribution in [2.45, 2.75) is 31.6 Å². The molecule has 2 fully saturated rings. The first-order valence-electron chi connectivity index (χ1n) is 9.03. The van der Waals surface area contributed by atoms with Gasteiger partial charge in [-0.15, -0.1) is 11.8 Å². The van der Waals surface area contributed by atoms with E-state index in [1.165, 1.54) is 0 Å². The first-order chi connectivity index (χ1) is 12.6. The van der Waals surface area contributed by atoms with Gasteiger partial charge < -0.3 is 5.32 Å². The molecule has 4 nitrogen and oxygen atoms in total. The molecule has 0 unspecified atom stereocenters. The lowest BCUT2D eigenvalue weighted by Crippen LogP contribution is -2.29. The SMILES string of the molecule is Cc1cccc(N2C(=O)CS[C@H]2c2cccc(NC(=O)C3CCC3)c2)c1. The summed E-state index contributed by atoms with van der Waals surface area (Å²) in [5.74, 6) is 0.857. The molecule has 2 amide bonds. The highest BCUT2D eigenvalue weighted by molar-refractivity contribution is 8.00. The maximum Gasteiger partial charge on any atom is 0.238 e. The summed E-state index contributed by atoms with van der Waals surface area (Å²) >= 11 is 1.63. The van der Waals surface area contributed by atoms with Crippen LogP contribution in [0.5, 0.6) is 0 Å². The van der Waals surface area contributed by atoms with E-state index >= 15 is 0 Å². The lowest BCUT2D eigenvalue weighted by Gasteiger charge is -2.26. The summed E-state index contributed by atoms with van der Waals surface area (Å²) in [7, 11) is 0. The predicted molar refractivity (Wildman–Crippen MR) is 106 cm³/mol. The summed E-state index contributed by atoms with van der Waals surface area (Å²) in [4.78, 5) is 26.6. The molecule has 1 saturated heterocycles. The van der Waals surface area contributed by atoms with Crippen molar-refractivity contribution in [1.29, 1.82) is 0 Å². The van der Waals surface area contributed by atoms with Gasteiger partial charge in [0.05, 0.1) is 5.75 Å². The van der Waals surface area contributed by atoms with Crippen molar-refractivity contribution in [2.75, 3.05) is 16.0 Å². The number of amides is 2. The van der Waals surface area contributed by atoms with Crippen molar-refractivity contribution in [1.82, 2.24) is 0 Å². The van der Waals surface area contributed by atoms with Crippen LogP contribution in [0.3, 0.4) is 0 Å². The molecule has 4 rings (SSSR count). The van der Waals surface area contributed by atoms with Crippen molar-refractivity contribution >= 4 is 35.0 Å². The number of nitrogens with zero attached hydrogens (tertiary/aromatic N) is 1. The molecule has 0 spiro atoms. The second-order valence-electron chi connectivity index (χ2n) is 7.01. The van der Waals surface area contributed by atoms with Gasteiger partial charge in [0, 0.05) is 17.3 Å². The Labute approximate surface area is 158 Å². The molecule has 2 aromatic carbocycles. The van der Waals surface area contributed by atoms with Crippen molar-refractivity contribution in [3.8, 4) is 0 Å². The van der Waals surface area contributed by atoms with Gasteiger partial charge in [-0.05, 0) is 55.2 Å². The van der Waals surface area contributed by atoms with E-state index in [0.29, 0.717) is 5.75 Å². The molecule has 1 aliphatic carbocycles. The van der Waals surface area contributed by atoms with Crippen molar-refractivity contribution < 1.29 is 9.59 Å². The number of carbonyl (C=O) groups excluding carboxylic acids is 2. The zero-order valence-electron chi connectivity index (χ0n) is 14.8. The maximum absolute atomic E-state index is 12.5. The summed E-state index contributed by atoms with van der Waals surface area (Å²) < 4.78 is 0. The van der Waals surface area contributed by atoms with E-state index in [9.17, 15) is 9.59 Å². The van der Waals surface area contributed by atoms with Crippen molar-refractivity contribution in [3.05, 3.63) is 59.7 Å². The van der Waals surface area contributed by atoms with Gasteiger partial charge in [-0.3, -0.25) is 14.5 Å². The largest absolute Gasteiger partial charge is 0.326 e. The van der Waals surface area contributed by atoms with Crippen LogP contribution in [0.15, 0.2) is 48.5 Å². The minimum absolute atomic E-state index is 0.0649. The Morgan fingerprint density at radius 2 is 1.96 bits per heavy atom. The first-order valence-corrected chi connectivity index (χ1v) is 10.1. The monoisotopic (exact) mass is 366 g/mol. The van der Waals surface area contributed by atoms with Crippen LogP contribution >= 0.6 is 11.8 Å². The predicted octanol–water partition coefficient (Wildman–Crippen LogP) is 4.51. The second kappa shape index (κ2) is 7.16. The van der Waals surface area contributed by atoms with Crippen molar-refractivity contribution in [2.24, 2.45) is 5.92 Å². The van der Waals surface area contributed by atoms with Crippen LogP contribution in [-0.4, -0.2) is 17.6 Å². The number of rotatable bonds is 4. The highest BCUT2D eigenvalue weighted by Crippen LogP contribution is 2.42. The average molecular weight is 366 g/mol. The summed E-state index contributed by atoms with van der Waals surface area (Å²) in [6.07, 6.45) is 3.11. The van der Waals surface area contributed by atoms with Gasteiger partial charge >= 0.3 is 0 Å². The van der Waals surface area contributed by atoms with Crippen LogP contribution in [0.1, 0.15) is 35.8 Å². The fourth-order valence-corrected chi connectivity index (χ4v) is 4.58. The third-order valence-electron chi connectivity index (χ3n) is 5.06. The lowest BCUT2D eigenvalue weighted by atomic mass is 9.85. The highest BCUT2D eigenvalue weighted by atomic mass is 32.2. The van der Waals surface area contributed by atoms with E-state index in [1.807, 2.05) is 60.4 Å². The zero-order valence-corrected chi connectivity index (χ0v) is 15.6. The Bertz CT molecular complexity index is 847. The van der Waals surface area contributed by atoms with E-state index in [4.69, 9.17) is 0 Å². The Hall–Kier alpha value is -2.27. The molecular formula is C21H22N2O2S. The third kappa shape index (κ3) is 3.36. The Morgan fingerprint density at radius 3 is 2.69 bits per heavy atom. The van der Waals surface area contributed by atoms with Crippen LogP contribution in [-0.2, 0) is 9.59 Å². The number of carbonyl (C=O) groups is 2. The van der Waals surface area contributed by atoms with Gasteiger partial charge in [-0.2, -0.15) is 0 Å². The lowest BCUT2D eigenvalue weighted by molar-refractivity contribution is -0.122. The number of hydrogen-bond acceptors (Lipinski definition) is 3. The highest BCUT2D eigenvalue weighted by Gasteiger charge is 2.34. The Morgan fingerprint density at radius 1 is 1.15 bits per heavy atom. The molecule has 26 heavy (non-hydrogen) atoms. The third-order valence-corrected chi connectivity index (χ3v) is 6.28. The number of thioether (sulfide) groups is 1. The summed E-state index contributed by atoms with van der Waals surface area (Å²) in [5.41, 5.74) is 3.90. The van der Waals surface area contributed by atoms with Crippen molar-refractivity contribution in [3.63, 3.8) is 0 Å². The summed E-state index contributed by atoms with van der Waals surface area (Å²) in [6.45, 7) is 2.03. The summed E-state index contributed by atoms with van der Waals surface area (Å²) in [5, 5.41) is 2.97. The van der Waals surface area contributed by atoms with Gasteiger partial charge in [0.2, 0.25) is 11.8 Å². The number of aryl methyl sites for hydroxylation is 1. The molecular weight excluding hydrogens is 344 g/mol. The molecule has 0 aromatic heterocycles. The molecule has 1 heterocycles.